The molecule has 212 valence electrons. The van der Waals surface area contributed by atoms with Gasteiger partial charge in [0.15, 0.2) is 0 Å². The zero-order chi connectivity index (χ0) is 28.8. The largest absolute Gasteiger partial charge is 0.387 e. The number of aliphatic imine (C=N–C) groups is 1. The molecule has 5 rings (SSSR count). The molecule has 7 heteroatoms. The van der Waals surface area contributed by atoms with Crippen LogP contribution in [0.4, 0.5) is 11.4 Å². The Morgan fingerprint density at radius 1 is 0.854 bits per heavy atom. The molecule has 1 fully saturated rings. The monoisotopic (exact) mass is 549 g/mol. The number of hydrogen-bond donors (Lipinski definition) is 1. The maximum Gasteiger partial charge on any atom is 0.253 e. The average molecular weight is 550 g/mol. The maximum absolute atomic E-state index is 13.3. The van der Waals surface area contributed by atoms with E-state index in [2.05, 4.69) is 35.9 Å². The Kier molecular flexibility index (Phi) is 8.82. The SMILES string of the molecule is CCCN(CCC)C(=O)C1=Cc2ccc(-c3ccc(C(=O)N4CCN(c5ccccc5)CC4)cc3)cc2N=C(N)C1. The van der Waals surface area contributed by atoms with Crippen molar-refractivity contribution in [2.75, 3.05) is 44.2 Å². The van der Waals surface area contributed by atoms with Crippen LogP contribution >= 0.6 is 0 Å². The van der Waals surface area contributed by atoms with E-state index < -0.39 is 0 Å². The Morgan fingerprint density at radius 3 is 2.17 bits per heavy atom. The average Bonchev–Trinajstić information content (AvgIpc) is 3.18. The number of hydrogen-bond acceptors (Lipinski definition) is 5. The van der Waals surface area contributed by atoms with E-state index in [-0.39, 0.29) is 11.8 Å². The van der Waals surface area contributed by atoms with Gasteiger partial charge in [0, 0.05) is 68.1 Å². The predicted molar refractivity (Wildman–Crippen MR) is 167 cm³/mol. The Balaban J connectivity index is 1.29. The third-order valence-electron chi connectivity index (χ3n) is 7.70. The van der Waals surface area contributed by atoms with Gasteiger partial charge in [-0.2, -0.15) is 0 Å². The number of amides is 2. The van der Waals surface area contributed by atoms with E-state index in [1.807, 2.05) is 76.5 Å². The van der Waals surface area contributed by atoms with E-state index in [4.69, 9.17) is 5.73 Å². The maximum atomic E-state index is 13.3. The van der Waals surface area contributed by atoms with Crippen molar-refractivity contribution in [3.63, 3.8) is 0 Å². The molecule has 0 spiro atoms. The fourth-order valence-corrected chi connectivity index (χ4v) is 5.56. The lowest BCUT2D eigenvalue weighted by molar-refractivity contribution is -0.127. The van der Waals surface area contributed by atoms with E-state index in [1.165, 1.54) is 5.69 Å². The second-order valence-electron chi connectivity index (χ2n) is 10.7. The first-order valence-electron chi connectivity index (χ1n) is 14.6. The Morgan fingerprint density at radius 2 is 1.51 bits per heavy atom. The molecule has 0 saturated carbocycles. The van der Waals surface area contributed by atoms with Crippen LogP contribution in [-0.4, -0.2) is 66.7 Å². The van der Waals surface area contributed by atoms with Crippen LogP contribution in [0.1, 0.15) is 49.0 Å². The molecule has 2 N–H and O–H groups in total. The van der Waals surface area contributed by atoms with Gasteiger partial charge in [0.1, 0.15) is 5.84 Å². The van der Waals surface area contributed by atoms with Gasteiger partial charge in [0.05, 0.1) is 5.69 Å². The zero-order valence-electron chi connectivity index (χ0n) is 24.1. The minimum Gasteiger partial charge on any atom is -0.387 e. The minimum atomic E-state index is 0.0329. The molecular weight excluding hydrogens is 510 g/mol. The molecule has 0 radical (unpaired) electrons. The molecule has 0 aromatic heterocycles. The van der Waals surface area contributed by atoms with Crippen molar-refractivity contribution in [2.45, 2.75) is 33.1 Å². The highest BCUT2D eigenvalue weighted by Gasteiger charge is 2.23. The van der Waals surface area contributed by atoms with Gasteiger partial charge in [-0.25, -0.2) is 4.99 Å². The first kappa shape index (κ1) is 28.1. The fraction of sp³-hybridized carbons (Fsp3) is 0.324. The summed E-state index contributed by atoms with van der Waals surface area (Å²) in [7, 11) is 0. The molecule has 0 aliphatic carbocycles. The van der Waals surface area contributed by atoms with Gasteiger partial charge in [-0.05, 0) is 60.4 Å². The highest BCUT2D eigenvalue weighted by molar-refractivity contribution is 6.05. The molecule has 3 aromatic rings. The van der Waals surface area contributed by atoms with Crippen molar-refractivity contribution in [3.05, 3.63) is 89.5 Å². The lowest BCUT2D eigenvalue weighted by atomic mass is 9.99. The second-order valence-corrected chi connectivity index (χ2v) is 10.7. The molecule has 0 bridgehead atoms. The van der Waals surface area contributed by atoms with Crippen molar-refractivity contribution >= 4 is 35.1 Å². The predicted octanol–water partition coefficient (Wildman–Crippen LogP) is 5.74. The first-order valence-corrected chi connectivity index (χ1v) is 14.6. The van der Waals surface area contributed by atoms with Crippen LogP contribution in [0.15, 0.2) is 83.4 Å². The fourth-order valence-electron chi connectivity index (χ4n) is 5.56. The molecule has 1 saturated heterocycles. The van der Waals surface area contributed by atoms with E-state index in [9.17, 15) is 9.59 Å². The van der Waals surface area contributed by atoms with Crippen molar-refractivity contribution in [1.29, 1.82) is 0 Å². The van der Waals surface area contributed by atoms with Gasteiger partial charge in [0.25, 0.3) is 5.91 Å². The standard InChI is InChI=1S/C34H39N5O2/c1-3-16-38(17-4-2)34(41)29-22-28-15-14-27(23-31(28)36-32(35)24-29)25-10-12-26(13-11-25)33(40)39-20-18-37(19-21-39)30-8-6-5-7-9-30/h5-15,22-23H,3-4,16-21,24H2,1-2H3,(H2,35,36). The summed E-state index contributed by atoms with van der Waals surface area (Å²) in [6.45, 7) is 8.68. The van der Waals surface area contributed by atoms with Gasteiger partial charge in [-0.1, -0.05) is 56.3 Å². The Labute approximate surface area is 243 Å². The minimum absolute atomic E-state index is 0.0329. The molecule has 0 atom stereocenters. The van der Waals surface area contributed by atoms with Crippen LogP contribution in [0.2, 0.25) is 0 Å². The van der Waals surface area contributed by atoms with Crippen LogP contribution in [-0.2, 0) is 4.79 Å². The number of nitrogens with zero attached hydrogens (tertiary/aromatic N) is 4. The number of rotatable bonds is 8. The van der Waals surface area contributed by atoms with Crippen molar-refractivity contribution < 1.29 is 9.59 Å². The van der Waals surface area contributed by atoms with Crippen LogP contribution in [0.25, 0.3) is 17.2 Å². The van der Waals surface area contributed by atoms with Gasteiger partial charge in [-0.15, -0.1) is 0 Å². The number of fused-ring (bicyclic) bond motifs is 1. The molecule has 2 amide bonds. The summed E-state index contributed by atoms with van der Waals surface area (Å²) in [5.41, 5.74) is 12.4. The van der Waals surface area contributed by atoms with Gasteiger partial charge < -0.3 is 20.4 Å². The van der Waals surface area contributed by atoms with Crippen molar-refractivity contribution in [2.24, 2.45) is 10.7 Å². The van der Waals surface area contributed by atoms with Crippen LogP contribution in [0, 0.1) is 0 Å². The summed E-state index contributed by atoms with van der Waals surface area (Å²) in [6.07, 6.45) is 4.10. The summed E-state index contributed by atoms with van der Waals surface area (Å²) < 4.78 is 0. The van der Waals surface area contributed by atoms with E-state index >= 15 is 0 Å². The Hall–Kier alpha value is -4.39. The summed E-state index contributed by atoms with van der Waals surface area (Å²) in [4.78, 5) is 37.3. The molecule has 41 heavy (non-hydrogen) atoms. The number of anilines is 1. The topological polar surface area (TPSA) is 82.2 Å². The number of carbonyl (C=O) groups is 2. The molecular formula is C34H39N5O2. The normalized spacial score (nSPS) is 15.0. The third-order valence-corrected chi connectivity index (χ3v) is 7.70. The summed E-state index contributed by atoms with van der Waals surface area (Å²) in [5.74, 6) is 0.526. The molecule has 2 heterocycles. The lowest BCUT2D eigenvalue weighted by Gasteiger charge is -2.36. The van der Waals surface area contributed by atoms with Crippen molar-refractivity contribution in [3.8, 4) is 11.1 Å². The summed E-state index contributed by atoms with van der Waals surface area (Å²) >= 11 is 0. The second kappa shape index (κ2) is 12.9. The van der Waals surface area contributed by atoms with Gasteiger partial charge >= 0.3 is 0 Å². The summed E-state index contributed by atoms with van der Waals surface area (Å²) in [5, 5.41) is 0. The number of para-hydroxylation sites is 1. The number of amidine groups is 1. The van der Waals surface area contributed by atoms with Crippen LogP contribution in [0.5, 0.6) is 0 Å². The van der Waals surface area contributed by atoms with E-state index in [1.54, 1.807) is 0 Å². The molecule has 2 aliphatic heterocycles. The van der Waals surface area contributed by atoms with Gasteiger partial charge in [-0.3, -0.25) is 9.59 Å². The molecule has 0 unspecified atom stereocenters. The van der Waals surface area contributed by atoms with Crippen molar-refractivity contribution in [1.82, 2.24) is 9.80 Å². The lowest BCUT2D eigenvalue weighted by Crippen LogP contribution is -2.48. The summed E-state index contributed by atoms with van der Waals surface area (Å²) in [6, 6.07) is 24.1. The quantitative estimate of drug-likeness (QED) is 0.389. The molecule has 7 nitrogen and oxygen atoms in total. The molecule has 3 aromatic carbocycles. The highest BCUT2D eigenvalue weighted by Crippen LogP contribution is 2.32. The van der Waals surface area contributed by atoms with Crippen LogP contribution in [0.3, 0.4) is 0 Å². The highest BCUT2D eigenvalue weighted by atomic mass is 16.2. The Bertz CT molecular complexity index is 1430. The number of nitrogens with two attached hydrogens (primary N) is 1. The van der Waals surface area contributed by atoms with E-state index in [0.717, 1.165) is 61.4 Å². The molecule has 2 aliphatic rings. The van der Waals surface area contributed by atoms with E-state index in [0.29, 0.717) is 36.5 Å². The zero-order valence-corrected chi connectivity index (χ0v) is 24.1. The first-order chi connectivity index (χ1) is 20.0. The third kappa shape index (κ3) is 6.51. The number of benzene rings is 3. The number of carbonyl (C=O) groups excluding carboxylic acids is 2. The number of piperazine rings is 1. The smallest absolute Gasteiger partial charge is 0.253 e. The van der Waals surface area contributed by atoms with Crippen LogP contribution < -0.4 is 10.6 Å². The van der Waals surface area contributed by atoms with Gasteiger partial charge in [0.2, 0.25) is 5.91 Å².